The van der Waals surface area contributed by atoms with Gasteiger partial charge in [-0.1, -0.05) is 13.0 Å². The highest BCUT2D eigenvalue weighted by atomic mass is 32.1. The van der Waals surface area contributed by atoms with Crippen molar-refractivity contribution in [3.05, 3.63) is 45.4 Å². The molecule has 0 spiro atoms. The van der Waals surface area contributed by atoms with Gasteiger partial charge in [0.15, 0.2) is 0 Å². The zero-order valence-electron chi connectivity index (χ0n) is 12.2. The van der Waals surface area contributed by atoms with E-state index < -0.39 is 6.10 Å². The molecule has 108 valence electrons. The van der Waals surface area contributed by atoms with Crippen LogP contribution in [0.3, 0.4) is 0 Å². The number of aliphatic hydroxyl groups excluding tert-OH is 1. The van der Waals surface area contributed by atoms with Crippen molar-refractivity contribution in [2.75, 3.05) is 0 Å². The molecular weight excluding hydrogens is 270 g/mol. The first-order valence-electron chi connectivity index (χ1n) is 6.94. The Balaban J connectivity index is 1.99. The van der Waals surface area contributed by atoms with E-state index in [1.54, 1.807) is 18.3 Å². The summed E-state index contributed by atoms with van der Waals surface area (Å²) in [7, 11) is 0. The van der Waals surface area contributed by atoms with Crippen molar-refractivity contribution in [1.29, 1.82) is 0 Å². The van der Waals surface area contributed by atoms with Crippen LogP contribution in [0, 0.1) is 6.92 Å². The van der Waals surface area contributed by atoms with E-state index in [2.05, 4.69) is 17.3 Å². The summed E-state index contributed by atoms with van der Waals surface area (Å²) in [5.74, 6) is 0.847. The Morgan fingerprint density at radius 3 is 2.85 bits per heavy atom. The number of rotatable bonds is 6. The molecule has 1 heterocycles. The molecule has 4 heteroatoms. The molecule has 0 saturated carbocycles. The van der Waals surface area contributed by atoms with E-state index in [0.29, 0.717) is 6.61 Å². The molecule has 0 unspecified atom stereocenters. The molecule has 0 fully saturated rings. The Hall–Kier alpha value is -1.39. The molecule has 1 N–H and O–H groups in total. The number of ether oxygens (including phenoxy) is 1. The van der Waals surface area contributed by atoms with E-state index in [-0.39, 0.29) is 0 Å². The SMILES string of the molecule is CCCc1nc(COc2ccc([C@@H](C)O)cc2C)cs1. The van der Waals surface area contributed by atoms with Crippen molar-refractivity contribution in [3.8, 4) is 5.75 Å². The summed E-state index contributed by atoms with van der Waals surface area (Å²) in [4.78, 5) is 4.54. The van der Waals surface area contributed by atoms with Gasteiger partial charge < -0.3 is 9.84 Å². The van der Waals surface area contributed by atoms with E-state index in [0.717, 1.165) is 35.4 Å². The number of benzene rings is 1. The summed E-state index contributed by atoms with van der Waals surface area (Å²) >= 11 is 1.70. The fraction of sp³-hybridized carbons (Fsp3) is 0.438. The van der Waals surface area contributed by atoms with Gasteiger partial charge in [0.2, 0.25) is 0 Å². The number of aryl methyl sites for hydroxylation is 2. The van der Waals surface area contributed by atoms with Crippen LogP contribution in [0.1, 0.15) is 48.2 Å². The second-order valence-electron chi connectivity index (χ2n) is 4.97. The molecule has 1 aromatic carbocycles. The molecule has 1 aromatic heterocycles. The van der Waals surface area contributed by atoms with Crippen LogP contribution >= 0.6 is 11.3 Å². The van der Waals surface area contributed by atoms with Gasteiger partial charge in [-0.15, -0.1) is 11.3 Å². The number of aliphatic hydroxyl groups is 1. The largest absolute Gasteiger partial charge is 0.487 e. The molecule has 2 rings (SSSR count). The van der Waals surface area contributed by atoms with Crippen LogP contribution in [0.2, 0.25) is 0 Å². The Morgan fingerprint density at radius 1 is 1.40 bits per heavy atom. The molecule has 1 atom stereocenters. The van der Waals surface area contributed by atoms with Gasteiger partial charge in [-0.2, -0.15) is 0 Å². The van der Waals surface area contributed by atoms with Crippen LogP contribution in [0.5, 0.6) is 5.75 Å². The minimum atomic E-state index is -0.446. The van der Waals surface area contributed by atoms with Crippen molar-refractivity contribution in [1.82, 2.24) is 4.98 Å². The monoisotopic (exact) mass is 291 g/mol. The predicted octanol–water partition coefficient (Wildman–Crippen LogP) is 4.04. The quantitative estimate of drug-likeness (QED) is 0.873. The molecule has 20 heavy (non-hydrogen) atoms. The number of aromatic nitrogens is 1. The van der Waals surface area contributed by atoms with E-state index >= 15 is 0 Å². The van der Waals surface area contributed by atoms with Gasteiger partial charge in [0.1, 0.15) is 12.4 Å². The molecule has 0 radical (unpaired) electrons. The number of thiazole rings is 1. The summed E-state index contributed by atoms with van der Waals surface area (Å²) in [5.41, 5.74) is 2.93. The molecular formula is C16H21NO2S. The van der Waals surface area contributed by atoms with Crippen LogP contribution in [0.25, 0.3) is 0 Å². The lowest BCUT2D eigenvalue weighted by Crippen LogP contribution is -1.99. The van der Waals surface area contributed by atoms with Crippen molar-refractivity contribution >= 4 is 11.3 Å². The number of nitrogens with zero attached hydrogens (tertiary/aromatic N) is 1. The molecule has 0 aliphatic rings. The summed E-state index contributed by atoms with van der Waals surface area (Å²) in [6, 6.07) is 5.77. The Labute approximate surface area is 124 Å². The maximum absolute atomic E-state index is 9.55. The second kappa shape index (κ2) is 6.86. The molecule has 0 aliphatic carbocycles. The molecule has 0 saturated heterocycles. The van der Waals surface area contributed by atoms with Crippen molar-refractivity contribution in [3.63, 3.8) is 0 Å². The van der Waals surface area contributed by atoms with Gasteiger partial charge in [0, 0.05) is 5.38 Å². The standard InChI is InChI=1S/C16H21NO2S/c1-4-5-16-17-14(10-20-16)9-19-15-7-6-13(12(3)18)8-11(15)2/h6-8,10,12,18H,4-5,9H2,1-3H3/t12-/m1/s1. The van der Waals surface area contributed by atoms with Gasteiger partial charge in [-0.05, 0) is 49.9 Å². The zero-order valence-corrected chi connectivity index (χ0v) is 13.0. The molecule has 0 aliphatic heterocycles. The van der Waals surface area contributed by atoms with Crippen LogP contribution in [-0.4, -0.2) is 10.1 Å². The highest BCUT2D eigenvalue weighted by Gasteiger charge is 2.07. The van der Waals surface area contributed by atoms with Crippen LogP contribution in [-0.2, 0) is 13.0 Å². The van der Waals surface area contributed by atoms with Crippen LogP contribution < -0.4 is 4.74 Å². The maximum atomic E-state index is 9.55. The summed E-state index contributed by atoms with van der Waals surface area (Å²) in [5, 5.41) is 12.8. The van der Waals surface area contributed by atoms with Gasteiger partial charge in [0.05, 0.1) is 16.8 Å². The summed E-state index contributed by atoms with van der Waals surface area (Å²) in [6.07, 6.45) is 1.71. The third kappa shape index (κ3) is 3.81. The van der Waals surface area contributed by atoms with E-state index in [1.165, 1.54) is 5.01 Å². The first-order valence-corrected chi connectivity index (χ1v) is 7.82. The molecule has 0 amide bonds. The highest BCUT2D eigenvalue weighted by Crippen LogP contribution is 2.23. The van der Waals surface area contributed by atoms with E-state index in [9.17, 15) is 5.11 Å². The highest BCUT2D eigenvalue weighted by molar-refractivity contribution is 7.09. The molecule has 3 nitrogen and oxygen atoms in total. The topological polar surface area (TPSA) is 42.4 Å². The Kier molecular flexibility index (Phi) is 5.15. The maximum Gasteiger partial charge on any atom is 0.131 e. The Bertz CT molecular complexity index is 563. The minimum absolute atomic E-state index is 0.446. The third-order valence-corrected chi connectivity index (χ3v) is 4.08. The van der Waals surface area contributed by atoms with Gasteiger partial charge in [-0.3, -0.25) is 0 Å². The lowest BCUT2D eigenvalue weighted by molar-refractivity contribution is 0.199. The summed E-state index contributed by atoms with van der Waals surface area (Å²) < 4.78 is 5.81. The fourth-order valence-corrected chi connectivity index (χ4v) is 2.87. The van der Waals surface area contributed by atoms with E-state index in [4.69, 9.17) is 4.74 Å². The number of hydrogen-bond acceptors (Lipinski definition) is 4. The average Bonchev–Trinajstić information content (AvgIpc) is 2.85. The number of hydrogen-bond donors (Lipinski definition) is 1. The van der Waals surface area contributed by atoms with Crippen molar-refractivity contribution < 1.29 is 9.84 Å². The van der Waals surface area contributed by atoms with Crippen LogP contribution in [0.15, 0.2) is 23.6 Å². The Morgan fingerprint density at radius 2 is 2.20 bits per heavy atom. The minimum Gasteiger partial charge on any atom is -0.487 e. The van der Waals surface area contributed by atoms with Gasteiger partial charge in [-0.25, -0.2) is 4.98 Å². The first-order chi connectivity index (χ1) is 9.60. The second-order valence-corrected chi connectivity index (χ2v) is 5.91. The smallest absolute Gasteiger partial charge is 0.131 e. The van der Waals surface area contributed by atoms with Gasteiger partial charge >= 0.3 is 0 Å². The lowest BCUT2D eigenvalue weighted by atomic mass is 10.1. The zero-order chi connectivity index (χ0) is 14.5. The summed E-state index contributed by atoms with van der Waals surface area (Å²) in [6.45, 7) is 6.41. The van der Waals surface area contributed by atoms with Gasteiger partial charge in [0.25, 0.3) is 0 Å². The molecule has 0 bridgehead atoms. The lowest BCUT2D eigenvalue weighted by Gasteiger charge is -2.11. The fourth-order valence-electron chi connectivity index (χ4n) is 1.99. The van der Waals surface area contributed by atoms with Crippen molar-refractivity contribution in [2.24, 2.45) is 0 Å². The molecule has 2 aromatic rings. The predicted molar refractivity (Wildman–Crippen MR) is 82.3 cm³/mol. The third-order valence-electron chi connectivity index (χ3n) is 3.12. The normalized spacial score (nSPS) is 12.4. The van der Waals surface area contributed by atoms with E-state index in [1.807, 2.05) is 25.1 Å². The van der Waals surface area contributed by atoms with Crippen molar-refractivity contribution in [2.45, 2.75) is 46.3 Å². The van der Waals surface area contributed by atoms with Crippen LogP contribution in [0.4, 0.5) is 0 Å². The average molecular weight is 291 g/mol. The first kappa shape index (κ1) is 15.0.